The highest BCUT2D eigenvalue weighted by molar-refractivity contribution is 6.31. The molecule has 2 aromatic rings. The lowest BCUT2D eigenvalue weighted by atomic mass is 10.1. The third-order valence-electron chi connectivity index (χ3n) is 3.68. The number of carbonyl (C=O) groups is 1. The number of fused-ring (bicyclic) bond motifs is 1. The second kappa shape index (κ2) is 9.53. The lowest BCUT2D eigenvalue weighted by molar-refractivity contribution is -0.134. The molecule has 0 aromatic heterocycles. The summed E-state index contributed by atoms with van der Waals surface area (Å²) in [6.45, 7) is 6.63. The first-order chi connectivity index (χ1) is 12.5. The molecule has 0 saturated heterocycles. The summed E-state index contributed by atoms with van der Waals surface area (Å²) >= 11 is 6.13. The maximum atomic E-state index is 12.2. The number of benzene rings is 2. The Kier molecular flexibility index (Phi) is 7.39. The van der Waals surface area contributed by atoms with Gasteiger partial charge in [0.25, 0.3) is 0 Å². The number of esters is 1. The Morgan fingerprint density at radius 3 is 2.23 bits per heavy atom. The van der Waals surface area contributed by atoms with Crippen LogP contribution < -0.4 is 14.2 Å². The average molecular weight is 381 g/mol. The zero-order chi connectivity index (χ0) is 19.1. The zero-order valence-corrected chi connectivity index (χ0v) is 16.2. The van der Waals surface area contributed by atoms with Gasteiger partial charge in [-0.15, -0.1) is 0 Å². The van der Waals surface area contributed by atoms with Crippen LogP contribution in [0.4, 0.5) is 0 Å². The number of hydrogen-bond acceptors (Lipinski definition) is 5. The normalized spacial score (nSPS) is 10.8. The molecule has 142 valence electrons. The molecule has 2 aromatic carbocycles. The Hall–Kier alpha value is -2.14. The second-order valence-corrected chi connectivity index (χ2v) is 6.38. The molecule has 6 heteroatoms. The van der Waals surface area contributed by atoms with Gasteiger partial charge in [0, 0.05) is 22.2 Å². The lowest BCUT2D eigenvalue weighted by Gasteiger charge is -2.19. The first kappa shape index (κ1) is 20.2. The lowest BCUT2D eigenvalue weighted by Crippen LogP contribution is -2.10. The minimum absolute atomic E-state index is 0.0495. The highest BCUT2D eigenvalue weighted by Crippen LogP contribution is 2.51. The number of phenols is 1. The summed E-state index contributed by atoms with van der Waals surface area (Å²) in [6, 6.07) is 4.98. The van der Waals surface area contributed by atoms with Crippen molar-refractivity contribution in [2.24, 2.45) is 0 Å². The minimum atomic E-state index is -0.373. The zero-order valence-electron chi connectivity index (χ0n) is 15.4. The summed E-state index contributed by atoms with van der Waals surface area (Å²) in [6.07, 6.45) is 2.46. The fraction of sp³-hybridized carbons (Fsp3) is 0.450. The first-order valence-corrected chi connectivity index (χ1v) is 9.35. The van der Waals surface area contributed by atoms with Gasteiger partial charge in [-0.3, -0.25) is 4.79 Å². The molecule has 0 heterocycles. The molecule has 0 spiro atoms. The van der Waals surface area contributed by atoms with Crippen molar-refractivity contribution < 1.29 is 24.1 Å². The van der Waals surface area contributed by atoms with E-state index in [9.17, 15) is 9.90 Å². The van der Waals surface area contributed by atoms with Crippen molar-refractivity contribution in [1.29, 1.82) is 0 Å². The van der Waals surface area contributed by atoms with Gasteiger partial charge < -0.3 is 19.3 Å². The van der Waals surface area contributed by atoms with E-state index in [1.807, 2.05) is 20.8 Å². The van der Waals surface area contributed by atoms with Crippen LogP contribution >= 0.6 is 11.6 Å². The maximum absolute atomic E-state index is 12.2. The Labute approximate surface area is 158 Å². The minimum Gasteiger partial charge on any atom is -0.504 e. The molecule has 0 aliphatic rings. The molecule has 0 aliphatic carbocycles. The summed E-state index contributed by atoms with van der Waals surface area (Å²) in [7, 11) is 0. The topological polar surface area (TPSA) is 65.0 Å². The molecular weight excluding hydrogens is 356 g/mol. The summed E-state index contributed by atoms with van der Waals surface area (Å²) in [5.41, 5.74) is 0. The third kappa shape index (κ3) is 4.52. The van der Waals surface area contributed by atoms with Crippen LogP contribution in [0, 0.1) is 0 Å². The van der Waals surface area contributed by atoms with E-state index < -0.39 is 0 Å². The Morgan fingerprint density at radius 2 is 1.62 bits per heavy atom. The maximum Gasteiger partial charge on any atom is 0.311 e. The van der Waals surface area contributed by atoms with Gasteiger partial charge in [-0.2, -0.15) is 0 Å². The van der Waals surface area contributed by atoms with Crippen LogP contribution in [0.3, 0.4) is 0 Å². The van der Waals surface area contributed by atoms with Gasteiger partial charge in [-0.05, 0) is 37.5 Å². The van der Waals surface area contributed by atoms with Gasteiger partial charge >= 0.3 is 5.97 Å². The molecule has 0 aliphatic heterocycles. The summed E-state index contributed by atoms with van der Waals surface area (Å²) in [4.78, 5) is 12.2. The van der Waals surface area contributed by atoms with Crippen molar-refractivity contribution >= 4 is 28.3 Å². The fourth-order valence-corrected chi connectivity index (χ4v) is 2.68. The second-order valence-electron chi connectivity index (χ2n) is 5.95. The number of hydrogen-bond donors (Lipinski definition) is 1. The van der Waals surface area contributed by atoms with Crippen LogP contribution in [0.1, 0.15) is 46.5 Å². The van der Waals surface area contributed by atoms with Crippen LogP contribution in [-0.4, -0.2) is 24.3 Å². The Balaban J connectivity index is 2.71. The van der Waals surface area contributed by atoms with Gasteiger partial charge in [0.05, 0.1) is 13.2 Å². The van der Waals surface area contributed by atoms with Crippen molar-refractivity contribution in [3.8, 4) is 23.0 Å². The van der Waals surface area contributed by atoms with Gasteiger partial charge in [0.2, 0.25) is 11.5 Å². The van der Waals surface area contributed by atoms with E-state index in [-0.39, 0.29) is 35.4 Å². The van der Waals surface area contributed by atoms with Gasteiger partial charge in [-0.1, -0.05) is 32.4 Å². The van der Waals surface area contributed by atoms with E-state index in [0.717, 1.165) is 12.8 Å². The molecule has 0 saturated carbocycles. The fourth-order valence-electron chi connectivity index (χ4n) is 2.51. The number of carbonyl (C=O) groups excluding carboxylic acids is 1. The first-order valence-electron chi connectivity index (χ1n) is 8.97. The van der Waals surface area contributed by atoms with Crippen LogP contribution in [0.15, 0.2) is 18.2 Å². The molecule has 5 nitrogen and oxygen atoms in total. The summed E-state index contributed by atoms with van der Waals surface area (Å²) < 4.78 is 17.2. The Bertz CT molecular complexity index is 773. The van der Waals surface area contributed by atoms with Gasteiger partial charge in [-0.25, -0.2) is 0 Å². The van der Waals surface area contributed by atoms with Crippen molar-refractivity contribution in [1.82, 2.24) is 0 Å². The molecule has 0 unspecified atom stereocenters. The number of phenolic OH excluding ortho intramolecular Hbond substituents is 1. The molecule has 0 amide bonds. The summed E-state index contributed by atoms with van der Waals surface area (Å²) in [5, 5.41) is 12.2. The standard InChI is InChI=1S/C20H25ClO5/c1-4-7-16(22)26-18-15-12-13(21)8-9-14(15)17(23)19(24-10-5-2)20(18)25-11-6-3/h8-9,12,23H,4-7,10-11H2,1-3H3. The smallest absolute Gasteiger partial charge is 0.311 e. The predicted octanol–water partition coefficient (Wildman–Crippen LogP) is 5.48. The van der Waals surface area contributed by atoms with Gasteiger partial charge in [0.15, 0.2) is 11.5 Å². The number of aromatic hydroxyl groups is 1. The SMILES string of the molecule is CCCOc1c(OCCC)c(OC(=O)CCC)c2cc(Cl)ccc2c1O. The molecule has 0 fully saturated rings. The molecule has 0 radical (unpaired) electrons. The monoisotopic (exact) mass is 380 g/mol. The molecule has 0 atom stereocenters. The molecule has 1 N–H and O–H groups in total. The van der Waals surface area contributed by atoms with Crippen LogP contribution in [0.25, 0.3) is 10.8 Å². The molecule has 0 bridgehead atoms. The quantitative estimate of drug-likeness (QED) is 0.460. The molecular formula is C20H25ClO5. The van der Waals surface area contributed by atoms with Crippen LogP contribution in [0.2, 0.25) is 5.02 Å². The predicted molar refractivity (Wildman–Crippen MR) is 103 cm³/mol. The van der Waals surface area contributed by atoms with Crippen LogP contribution in [-0.2, 0) is 4.79 Å². The largest absolute Gasteiger partial charge is 0.504 e. The third-order valence-corrected chi connectivity index (χ3v) is 3.92. The van der Waals surface area contributed by atoms with E-state index in [4.69, 9.17) is 25.8 Å². The number of halogens is 1. The summed E-state index contributed by atoms with van der Waals surface area (Å²) in [5.74, 6) is 0.235. The van der Waals surface area contributed by atoms with Gasteiger partial charge in [0.1, 0.15) is 0 Å². The van der Waals surface area contributed by atoms with E-state index in [0.29, 0.717) is 35.4 Å². The number of rotatable bonds is 9. The van der Waals surface area contributed by atoms with Crippen molar-refractivity contribution in [3.63, 3.8) is 0 Å². The van der Waals surface area contributed by atoms with E-state index in [1.54, 1.807) is 18.2 Å². The number of ether oxygens (including phenoxy) is 3. The molecule has 2 rings (SSSR count). The van der Waals surface area contributed by atoms with Crippen molar-refractivity contribution in [3.05, 3.63) is 23.2 Å². The van der Waals surface area contributed by atoms with E-state index in [2.05, 4.69) is 0 Å². The van der Waals surface area contributed by atoms with E-state index >= 15 is 0 Å². The van der Waals surface area contributed by atoms with Crippen molar-refractivity contribution in [2.45, 2.75) is 46.5 Å². The molecule has 26 heavy (non-hydrogen) atoms. The van der Waals surface area contributed by atoms with Crippen LogP contribution in [0.5, 0.6) is 23.0 Å². The van der Waals surface area contributed by atoms with E-state index in [1.165, 1.54) is 0 Å². The highest BCUT2D eigenvalue weighted by Gasteiger charge is 2.25. The van der Waals surface area contributed by atoms with Crippen molar-refractivity contribution in [2.75, 3.05) is 13.2 Å². The average Bonchev–Trinajstić information content (AvgIpc) is 2.62. The Morgan fingerprint density at radius 1 is 0.962 bits per heavy atom. The highest BCUT2D eigenvalue weighted by atomic mass is 35.5.